The first-order valence-electron chi connectivity index (χ1n) is 9.49. The molecule has 0 spiro atoms. The summed E-state index contributed by atoms with van der Waals surface area (Å²) in [7, 11) is 1.38. The highest BCUT2D eigenvalue weighted by atomic mass is 19.1. The Balaban J connectivity index is 1.95. The molecule has 11 heteroatoms. The van der Waals surface area contributed by atoms with Gasteiger partial charge in [-0.15, -0.1) is 0 Å². The average molecular weight is 461 g/mol. The van der Waals surface area contributed by atoms with Crippen LogP contribution in [0.2, 0.25) is 0 Å². The molecule has 1 atom stereocenters. The van der Waals surface area contributed by atoms with Crippen molar-refractivity contribution in [1.82, 2.24) is 9.88 Å². The highest BCUT2D eigenvalue weighted by Crippen LogP contribution is 2.29. The average Bonchev–Trinajstić information content (AvgIpc) is 2.74. The highest BCUT2D eigenvalue weighted by molar-refractivity contribution is 5.91. The minimum absolute atomic E-state index is 0.0612. The van der Waals surface area contributed by atoms with Crippen molar-refractivity contribution in [2.24, 2.45) is 7.05 Å². The van der Waals surface area contributed by atoms with Crippen LogP contribution in [0.25, 0.3) is 11.1 Å². The van der Waals surface area contributed by atoms with Crippen LogP contribution < -0.4 is 16.2 Å². The number of nitrogens with one attached hydrogen (secondary N) is 2. The predicted octanol–water partition coefficient (Wildman–Crippen LogP) is 3.51. The van der Waals surface area contributed by atoms with Gasteiger partial charge >= 0.3 is 12.0 Å². The summed E-state index contributed by atoms with van der Waals surface area (Å²) in [6.07, 6.45) is 0.516. The lowest BCUT2D eigenvalue weighted by Crippen LogP contribution is -2.36. The number of aryl methyl sites for hydroxylation is 1. The number of carboxylic acids is 1. The standard InChI is InChI=1S/C22H18F3N3O5/c1-28-7-6-18(29)20(21(28)32)27-22(33)26-17(10-19(30)31)14-8-11(2-5-15(14)24)13-4-3-12(23)9-16(13)25/h2-9,17,29H,10H2,1H3,(H,30,31)(H2,26,27,33)/t17-/m0/s1. The summed E-state index contributed by atoms with van der Waals surface area (Å²) >= 11 is 0. The first-order chi connectivity index (χ1) is 15.6. The van der Waals surface area contributed by atoms with Crippen LogP contribution in [0.1, 0.15) is 18.0 Å². The third kappa shape index (κ3) is 5.32. The van der Waals surface area contributed by atoms with Crippen LogP contribution in [0.15, 0.2) is 53.5 Å². The van der Waals surface area contributed by atoms with Crippen molar-refractivity contribution < 1.29 is 33.0 Å². The van der Waals surface area contributed by atoms with Crippen molar-refractivity contribution >= 4 is 17.7 Å². The van der Waals surface area contributed by atoms with E-state index in [0.29, 0.717) is 6.07 Å². The normalized spacial score (nSPS) is 11.6. The van der Waals surface area contributed by atoms with E-state index < -0.39 is 58.9 Å². The van der Waals surface area contributed by atoms with Gasteiger partial charge in [-0.3, -0.25) is 9.59 Å². The van der Waals surface area contributed by atoms with Crippen molar-refractivity contribution in [2.45, 2.75) is 12.5 Å². The van der Waals surface area contributed by atoms with Crippen LogP contribution in [0.4, 0.5) is 23.7 Å². The summed E-state index contributed by atoms with van der Waals surface area (Å²) in [5.41, 5.74) is -1.42. The summed E-state index contributed by atoms with van der Waals surface area (Å²) in [4.78, 5) is 35.9. The Morgan fingerprint density at radius 1 is 1.06 bits per heavy atom. The van der Waals surface area contributed by atoms with Gasteiger partial charge in [0.15, 0.2) is 5.69 Å². The molecule has 8 nitrogen and oxygen atoms in total. The summed E-state index contributed by atoms with van der Waals surface area (Å²) in [5.74, 6) is -4.51. The number of carbonyl (C=O) groups excluding carboxylic acids is 1. The van der Waals surface area contributed by atoms with E-state index in [1.54, 1.807) is 0 Å². The lowest BCUT2D eigenvalue weighted by Gasteiger charge is -2.20. The second kappa shape index (κ2) is 9.47. The summed E-state index contributed by atoms with van der Waals surface area (Å²) < 4.78 is 43.1. The Morgan fingerprint density at radius 3 is 2.45 bits per heavy atom. The Kier molecular flexibility index (Phi) is 6.71. The molecule has 33 heavy (non-hydrogen) atoms. The third-order valence-electron chi connectivity index (χ3n) is 4.78. The van der Waals surface area contributed by atoms with Crippen molar-refractivity contribution in [3.63, 3.8) is 0 Å². The monoisotopic (exact) mass is 461 g/mol. The maximum absolute atomic E-state index is 14.6. The van der Waals surface area contributed by atoms with Gasteiger partial charge in [-0.05, 0) is 35.9 Å². The molecule has 0 fully saturated rings. The van der Waals surface area contributed by atoms with Crippen LogP contribution in [-0.4, -0.2) is 26.8 Å². The number of amides is 2. The quantitative estimate of drug-likeness (QED) is 0.448. The number of aliphatic carboxylic acids is 1. The second-order valence-electron chi connectivity index (χ2n) is 7.10. The van der Waals surface area contributed by atoms with E-state index in [9.17, 15) is 37.8 Å². The van der Waals surface area contributed by atoms with E-state index in [-0.39, 0.29) is 16.7 Å². The number of hydrogen-bond acceptors (Lipinski definition) is 4. The van der Waals surface area contributed by atoms with Crippen molar-refractivity contribution in [2.75, 3.05) is 5.32 Å². The Morgan fingerprint density at radius 2 is 1.79 bits per heavy atom. The van der Waals surface area contributed by atoms with Gasteiger partial charge in [-0.1, -0.05) is 6.07 Å². The molecule has 0 aliphatic rings. The van der Waals surface area contributed by atoms with E-state index in [4.69, 9.17) is 0 Å². The van der Waals surface area contributed by atoms with Crippen LogP contribution in [0.5, 0.6) is 5.75 Å². The fourth-order valence-corrected chi connectivity index (χ4v) is 3.16. The Labute approximate surface area is 184 Å². The first kappa shape index (κ1) is 23.4. The van der Waals surface area contributed by atoms with Crippen molar-refractivity contribution in [1.29, 1.82) is 0 Å². The number of nitrogens with zero attached hydrogens (tertiary/aromatic N) is 1. The molecule has 0 unspecified atom stereocenters. The van der Waals surface area contributed by atoms with Gasteiger partial charge in [0.25, 0.3) is 5.56 Å². The molecule has 2 aromatic carbocycles. The van der Waals surface area contributed by atoms with Gasteiger partial charge < -0.3 is 25.4 Å². The molecular weight excluding hydrogens is 443 g/mol. The third-order valence-corrected chi connectivity index (χ3v) is 4.78. The van der Waals surface area contributed by atoms with Gasteiger partial charge in [0.2, 0.25) is 0 Å². The number of hydrogen-bond donors (Lipinski definition) is 4. The summed E-state index contributed by atoms with van der Waals surface area (Å²) in [6, 6.07) is 4.75. The zero-order chi connectivity index (χ0) is 24.3. The lowest BCUT2D eigenvalue weighted by atomic mass is 9.97. The molecule has 0 saturated carbocycles. The molecule has 0 saturated heterocycles. The number of anilines is 1. The highest BCUT2D eigenvalue weighted by Gasteiger charge is 2.23. The molecule has 3 rings (SSSR count). The topological polar surface area (TPSA) is 121 Å². The van der Waals surface area contributed by atoms with Gasteiger partial charge in [0.1, 0.15) is 23.2 Å². The van der Waals surface area contributed by atoms with Crippen LogP contribution >= 0.6 is 0 Å². The van der Waals surface area contributed by atoms with Crippen LogP contribution in [0.3, 0.4) is 0 Å². The molecule has 0 aliphatic heterocycles. The van der Waals surface area contributed by atoms with Crippen molar-refractivity contribution in [3.8, 4) is 16.9 Å². The van der Waals surface area contributed by atoms with E-state index >= 15 is 0 Å². The van der Waals surface area contributed by atoms with Gasteiger partial charge in [-0.25, -0.2) is 18.0 Å². The predicted molar refractivity (Wildman–Crippen MR) is 112 cm³/mol. The van der Waals surface area contributed by atoms with Gasteiger partial charge in [0, 0.05) is 30.4 Å². The van der Waals surface area contributed by atoms with E-state index in [2.05, 4.69) is 10.6 Å². The summed E-state index contributed by atoms with van der Waals surface area (Å²) in [6.45, 7) is 0. The maximum atomic E-state index is 14.6. The van der Waals surface area contributed by atoms with Crippen molar-refractivity contribution in [3.05, 3.63) is 82.0 Å². The number of pyridine rings is 1. The second-order valence-corrected chi connectivity index (χ2v) is 7.10. The van der Waals surface area contributed by atoms with Crippen LogP contribution in [0, 0.1) is 17.5 Å². The molecule has 0 radical (unpaired) electrons. The number of aromatic nitrogens is 1. The lowest BCUT2D eigenvalue weighted by molar-refractivity contribution is -0.137. The maximum Gasteiger partial charge on any atom is 0.319 e. The number of carboxylic acid groups (broad SMARTS) is 1. The minimum Gasteiger partial charge on any atom is -0.505 e. The van der Waals surface area contributed by atoms with E-state index in [1.807, 2.05) is 0 Å². The zero-order valence-electron chi connectivity index (χ0n) is 17.1. The number of benzene rings is 2. The number of rotatable bonds is 6. The molecule has 4 N–H and O–H groups in total. The number of aromatic hydroxyl groups is 1. The molecule has 1 heterocycles. The molecule has 2 amide bonds. The fraction of sp³-hybridized carbons (Fsp3) is 0.136. The molecule has 0 bridgehead atoms. The first-order valence-corrected chi connectivity index (χ1v) is 9.49. The Bertz CT molecular complexity index is 1290. The molecule has 172 valence electrons. The molecular formula is C22H18F3N3O5. The minimum atomic E-state index is -1.43. The summed E-state index contributed by atoms with van der Waals surface area (Å²) in [5, 5.41) is 23.4. The fourth-order valence-electron chi connectivity index (χ4n) is 3.16. The molecule has 0 aliphatic carbocycles. The van der Waals surface area contributed by atoms with Gasteiger partial charge in [0.05, 0.1) is 12.5 Å². The largest absolute Gasteiger partial charge is 0.505 e. The molecule has 1 aromatic heterocycles. The smallest absolute Gasteiger partial charge is 0.319 e. The number of carbonyl (C=O) groups is 2. The Hall–Kier alpha value is -4.28. The number of halogens is 3. The SMILES string of the molecule is Cn1ccc(O)c(NC(=O)N[C@@H](CC(=O)O)c2cc(-c3ccc(F)cc3F)ccc2F)c1=O. The van der Waals surface area contributed by atoms with E-state index in [1.165, 1.54) is 19.3 Å². The molecule has 3 aromatic rings. The van der Waals surface area contributed by atoms with Crippen LogP contribution in [-0.2, 0) is 11.8 Å². The number of urea groups is 1. The zero-order valence-corrected chi connectivity index (χ0v) is 17.1. The van der Waals surface area contributed by atoms with Gasteiger partial charge in [-0.2, -0.15) is 0 Å². The van der Waals surface area contributed by atoms with E-state index in [0.717, 1.165) is 34.9 Å².